The molecule has 9 heteroatoms. The van der Waals surface area contributed by atoms with Crippen LogP contribution in [-0.2, 0) is 19.4 Å². The molecule has 2 saturated heterocycles. The number of hydrogen-bond acceptors (Lipinski definition) is 5. The quantitative estimate of drug-likeness (QED) is 0.736. The standard InChI is InChI=1S/C17H21N3O5S/c21-15(9-12-6-8-26(24,25)11-12)18-19-17(23)13-3-1-4-14(10-13)20-7-2-5-16(20)22/h1,3-4,10,12H,2,5-9,11H2,(H,18,21)(H,19,23)/t12-/m1/s1. The van der Waals surface area contributed by atoms with E-state index in [2.05, 4.69) is 10.9 Å². The third-order valence-corrected chi connectivity index (χ3v) is 6.45. The number of rotatable bonds is 4. The summed E-state index contributed by atoms with van der Waals surface area (Å²) in [6, 6.07) is 6.64. The van der Waals surface area contributed by atoms with Crippen molar-refractivity contribution in [3.8, 4) is 0 Å². The first-order chi connectivity index (χ1) is 12.3. The van der Waals surface area contributed by atoms with Gasteiger partial charge in [-0.15, -0.1) is 0 Å². The smallest absolute Gasteiger partial charge is 0.269 e. The molecule has 0 aromatic heterocycles. The topological polar surface area (TPSA) is 113 Å². The van der Waals surface area contributed by atoms with Gasteiger partial charge in [-0.3, -0.25) is 25.2 Å². The molecule has 0 unspecified atom stereocenters. The van der Waals surface area contributed by atoms with Gasteiger partial charge in [0.15, 0.2) is 9.84 Å². The second-order valence-electron chi connectivity index (χ2n) is 6.67. The van der Waals surface area contributed by atoms with Gasteiger partial charge >= 0.3 is 0 Å². The molecule has 26 heavy (non-hydrogen) atoms. The number of carbonyl (C=O) groups excluding carboxylic acids is 3. The molecule has 3 rings (SSSR count). The predicted molar refractivity (Wildman–Crippen MR) is 95.0 cm³/mol. The van der Waals surface area contributed by atoms with Gasteiger partial charge in [0, 0.05) is 30.6 Å². The zero-order valence-corrected chi connectivity index (χ0v) is 15.0. The van der Waals surface area contributed by atoms with Crippen molar-refractivity contribution in [2.75, 3.05) is 23.0 Å². The highest BCUT2D eigenvalue weighted by molar-refractivity contribution is 7.91. The van der Waals surface area contributed by atoms with Gasteiger partial charge in [0.2, 0.25) is 11.8 Å². The molecule has 1 aromatic rings. The van der Waals surface area contributed by atoms with Gasteiger partial charge < -0.3 is 4.90 Å². The third kappa shape index (κ3) is 4.40. The van der Waals surface area contributed by atoms with Crippen molar-refractivity contribution < 1.29 is 22.8 Å². The largest absolute Gasteiger partial charge is 0.312 e. The summed E-state index contributed by atoms with van der Waals surface area (Å²) in [6.45, 7) is 0.630. The van der Waals surface area contributed by atoms with Crippen molar-refractivity contribution in [3.63, 3.8) is 0 Å². The number of amides is 3. The van der Waals surface area contributed by atoms with Gasteiger partial charge in [0.05, 0.1) is 11.5 Å². The number of nitrogens with one attached hydrogen (secondary N) is 2. The van der Waals surface area contributed by atoms with Crippen molar-refractivity contribution >= 4 is 33.2 Å². The molecule has 0 radical (unpaired) electrons. The fourth-order valence-corrected chi connectivity index (χ4v) is 5.14. The highest BCUT2D eigenvalue weighted by atomic mass is 32.2. The van der Waals surface area contributed by atoms with Crippen LogP contribution in [-0.4, -0.2) is 44.2 Å². The summed E-state index contributed by atoms with van der Waals surface area (Å²) in [5.41, 5.74) is 5.63. The lowest BCUT2D eigenvalue weighted by atomic mass is 10.1. The van der Waals surface area contributed by atoms with Crippen LogP contribution >= 0.6 is 0 Å². The summed E-state index contributed by atoms with van der Waals surface area (Å²) in [4.78, 5) is 37.5. The van der Waals surface area contributed by atoms with Crippen molar-refractivity contribution in [1.29, 1.82) is 0 Å². The van der Waals surface area contributed by atoms with E-state index in [9.17, 15) is 22.8 Å². The van der Waals surface area contributed by atoms with E-state index in [0.717, 1.165) is 6.42 Å². The Hall–Kier alpha value is -2.42. The molecule has 3 amide bonds. The van der Waals surface area contributed by atoms with E-state index in [1.54, 1.807) is 29.2 Å². The number of benzene rings is 1. The monoisotopic (exact) mass is 379 g/mol. The first kappa shape index (κ1) is 18.4. The third-order valence-electron chi connectivity index (χ3n) is 4.61. The van der Waals surface area contributed by atoms with Gasteiger partial charge in [-0.25, -0.2) is 8.42 Å². The molecule has 2 fully saturated rings. The predicted octanol–water partition coefficient (Wildman–Crippen LogP) is 0.399. The molecule has 0 saturated carbocycles. The summed E-state index contributed by atoms with van der Waals surface area (Å²) in [5.74, 6) is -0.972. The average molecular weight is 379 g/mol. The minimum Gasteiger partial charge on any atom is -0.312 e. The molecule has 1 atom stereocenters. The van der Waals surface area contributed by atoms with E-state index < -0.39 is 21.7 Å². The zero-order valence-electron chi connectivity index (χ0n) is 14.2. The maximum absolute atomic E-state index is 12.2. The minimum absolute atomic E-state index is 0.0142. The van der Waals surface area contributed by atoms with Crippen LogP contribution < -0.4 is 15.8 Å². The van der Waals surface area contributed by atoms with Gasteiger partial charge in [0.25, 0.3) is 5.91 Å². The van der Waals surface area contributed by atoms with Crippen molar-refractivity contribution in [2.45, 2.75) is 25.7 Å². The van der Waals surface area contributed by atoms with Crippen LogP contribution in [0.3, 0.4) is 0 Å². The maximum atomic E-state index is 12.2. The van der Waals surface area contributed by atoms with Crippen molar-refractivity contribution in [2.24, 2.45) is 5.92 Å². The molecule has 0 aliphatic carbocycles. The summed E-state index contributed by atoms with van der Waals surface area (Å²) < 4.78 is 22.8. The molecule has 2 aliphatic heterocycles. The molecule has 2 aliphatic rings. The van der Waals surface area contributed by atoms with Crippen LogP contribution in [0.5, 0.6) is 0 Å². The van der Waals surface area contributed by atoms with Crippen molar-refractivity contribution in [3.05, 3.63) is 29.8 Å². The van der Waals surface area contributed by atoms with E-state index >= 15 is 0 Å². The van der Waals surface area contributed by atoms with E-state index in [0.29, 0.717) is 30.6 Å². The van der Waals surface area contributed by atoms with Gasteiger partial charge in [0.1, 0.15) is 0 Å². The summed E-state index contributed by atoms with van der Waals surface area (Å²) in [7, 11) is -3.03. The lowest BCUT2D eigenvalue weighted by Gasteiger charge is -2.16. The Kier molecular flexibility index (Phi) is 5.26. The molecule has 8 nitrogen and oxygen atoms in total. The second-order valence-corrected chi connectivity index (χ2v) is 8.90. The number of hydrazine groups is 1. The highest BCUT2D eigenvalue weighted by Crippen LogP contribution is 2.22. The Bertz CT molecular complexity index is 837. The lowest BCUT2D eigenvalue weighted by Crippen LogP contribution is -2.42. The molecule has 2 N–H and O–H groups in total. The summed E-state index contributed by atoms with van der Waals surface area (Å²) in [6.07, 6.45) is 1.82. The summed E-state index contributed by atoms with van der Waals surface area (Å²) >= 11 is 0. The Morgan fingerprint density at radius 2 is 2.04 bits per heavy atom. The van der Waals surface area contributed by atoms with Crippen LogP contribution in [0.15, 0.2) is 24.3 Å². The number of nitrogens with zero attached hydrogens (tertiary/aromatic N) is 1. The van der Waals surface area contributed by atoms with Crippen molar-refractivity contribution in [1.82, 2.24) is 10.9 Å². The molecule has 140 valence electrons. The van der Waals surface area contributed by atoms with Gasteiger partial charge in [-0.2, -0.15) is 0 Å². The van der Waals surface area contributed by atoms with Crippen LogP contribution in [0.2, 0.25) is 0 Å². The molecule has 2 heterocycles. The van der Waals surface area contributed by atoms with E-state index in [1.807, 2.05) is 0 Å². The molecular formula is C17H21N3O5S. The minimum atomic E-state index is -3.03. The zero-order chi connectivity index (χ0) is 18.7. The van der Waals surface area contributed by atoms with Crippen LogP contribution in [0.25, 0.3) is 0 Å². The van der Waals surface area contributed by atoms with Gasteiger partial charge in [-0.05, 0) is 37.0 Å². The second kappa shape index (κ2) is 7.45. The Morgan fingerprint density at radius 1 is 1.23 bits per heavy atom. The number of carbonyl (C=O) groups is 3. The Labute approximate surface area is 151 Å². The molecular weight excluding hydrogens is 358 g/mol. The van der Waals surface area contributed by atoms with Crippen LogP contribution in [0, 0.1) is 5.92 Å². The molecule has 1 aromatic carbocycles. The van der Waals surface area contributed by atoms with E-state index in [1.165, 1.54) is 0 Å². The van der Waals surface area contributed by atoms with E-state index in [-0.39, 0.29) is 29.8 Å². The SMILES string of the molecule is O=C(C[C@H]1CCS(=O)(=O)C1)NNC(=O)c1cccc(N2CCCC2=O)c1. The van der Waals surface area contributed by atoms with Crippen LogP contribution in [0.1, 0.15) is 36.0 Å². The Balaban J connectivity index is 1.53. The molecule has 0 bridgehead atoms. The highest BCUT2D eigenvalue weighted by Gasteiger charge is 2.29. The average Bonchev–Trinajstić information content (AvgIpc) is 3.17. The number of sulfone groups is 1. The normalized spacial score (nSPS) is 21.6. The maximum Gasteiger partial charge on any atom is 0.269 e. The van der Waals surface area contributed by atoms with E-state index in [4.69, 9.17) is 0 Å². The van der Waals surface area contributed by atoms with Crippen LogP contribution in [0.4, 0.5) is 5.69 Å². The lowest BCUT2D eigenvalue weighted by molar-refractivity contribution is -0.122. The number of hydrogen-bond donors (Lipinski definition) is 2. The fourth-order valence-electron chi connectivity index (χ4n) is 3.28. The Morgan fingerprint density at radius 3 is 2.69 bits per heavy atom. The first-order valence-electron chi connectivity index (χ1n) is 8.54. The molecule has 0 spiro atoms. The number of anilines is 1. The fraction of sp³-hybridized carbons (Fsp3) is 0.471. The first-order valence-corrected chi connectivity index (χ1v) is 10.4. The van der Waals surface area contributed by atoms with Gasteiger partial charge in [-0.1, -0.05) is 6.07 Å². The summed E-state index contributed by atoms with van der Waals surface area (Å²) in [5, 5.41) is 0.